The third kappa shape index (κ3) is 3.13. The lowest BCUT2D eigenvalue weighted by molar-refractivity contribution is -0.384. The molecule has 1 aromatic heterocycles. The van der Waals surface area contributed by atoms with Gasteiger partial charge in [-0.1, -0.05) is 12.1 Å². The van der Waals surface area contributed by atoms with Crippen molar-refractivity contribution < 1.29 is 9.66 Å². The van der Waals surface area contributed by atoms with E-state index in [1.165, 1.54) is 12.1 Å². The third-order valence-electron chi connectivity index (χ3n) is 3.26. The van der Waals surface area contributed by atoms with E-state index < -0.39 is 4.92 Å². The van der Waals surface area contributed by atoms with Crippen molar-refractivity contribution in [1.82, 2.24) is 15.2 Å². The van der Waals surface area contributed by atoms with Crippen LogP contribution in [0.1, 0.15) is 0 Å². The summed E-state index contributed by atoms with van der Waals surface area (Å²) in [6, 6.07) is 13.5. The van der Waals surface area contributed by atoms with E-state index in [1.807, 2.05) is 24.3 Å². The van der Waals surface area contributed by atoms with Gasteiger partial charge < -0.3 is 4.74 Å². The van der Waals surface area contributed by atoms with E-state index >= 15 is 0 Å². The van der Waals surface area contributed by atoms with Crippen molar-refractivity contribution in [1.29, 1.82) is 0 Å². The van der Waals surface area contributed by atoms with Crippen molar-refractivity contribution in [3.8, 4) is 28.4 Å². The summed E-state index contributed by atoms with van der Waals surface area (Å²) < 4.78 is 5.10. The van der Waals surface area contributed by atoms with Crippen LogP contribution in [-0.2, 0) is 0 Å². The first-order valence-corrected chi connectivity index (χ1v) is 6.76. The Morgan fingerprint density at radius 2 is 1.83 bits per heavy atom. The van der Waals surface area contributed by atoms with Crippen LogP contribution in [0, 0.1) is 10.1 Å². The molecule has 0 atom stereocenters. The molecule has 0 amide bonds. The molecule has 0 saturated carbocycles. The molecule has 0 spiro atoms. The van der Waals surface area contributed by atoms with E-state index in [-0.39, 0.29) is 5.69 Å². The Balaban J connectivity index is 1.89. The molecule has 0 N–H and O–H groups in total. The number of rotatable bonds is 4. The average Bonchev–Trinajstić information content (AvgIpc) is 2.62. The molecular weight excluding hydrogens is 296 g/mol. The number of nitro benzene ring substituents is 1. The summed E-state index contributed by atoms with van der Waals surface area (Å²) in [7, 11) is 1.60. The highest BCUT2D eigenvalue weighted by Gasteiger charge is 2.09. The molecule has 23 heavy (non-hydrogen) atoms. The standard InChI is InChI=1S/C16H12N4O3/c1-23-14-7-5-11(6-8-14)16-17-10-15(18-19-16)12-3-2-4-13(9-12)20(21)22/h2-10H,1H3. The minimum atomic E-state index is -0.448. The molecule has 0 aliphatic rings. The largest absolute Gasteiger partial charge is 0.497 e. The number of benzene rings is 2. The van der Waals surface area contributed by atoms with Gasteiger partial charge in [0.25, 0.3) is 5.69 Å². The van der Waals surface area contributed by atoms with Crippen LogP contribution in [0.2, 0.25) is 0 Å². The third-order valence-corrected chi connectivity index (χ3v) is 3.26. The van der Waals surface area contributed by atoms with Crippen LogP contribution >= 0.6 is 0 Å². The lowest BCUT2D eigenvalue weighted by Crippen LogP contribution is -1.95. The maximum Gasteiger partial charge on any atom is 0.270 e. The number of ether oxygens (including phenoxy) is 1. The van der Waals surface area contributed by atoms with Gasteiger partial charge in [0.2, 0.25) is 0 Å². The van der Waals surface area contributed by atoms with E-state index in [0.29, 0.717) is 17.1 Å². The number of hydrogen-bond donors (Lipinski definition) is 0. The zero-order valence-corrected chi connectivity index (χ0v) is 12.2. The molecule has 0 fully saturated rings. The van der Waals surface area contributed by atoms with Crippen LogP contribution < -0.4 is 4.74 Å². The van der Waals surface area contributed by atoms with Gasteiger partial charge in [0.1, 0.15) is 11.4 Å². The van der Waals surface area contributed by atoms with Crippen LogP contribution in [0.5, 0.6) is 5.75 Å². The Hall–Kier alpha value is -3.35. The second-order valence-corrected chi connectivity index (χ2v) is 4.70. The number of nitrogens with zero attached hydrogens (tertiary/aromatic N) is 4. The SMILES string of the molecule is COc1ccc(-c2ncc(-c3cccc([N+](=O)[O-])c3)nn2)cc1. The first kappa shape index (κ1) is 14.6. The fourth-order valence-electron chi connectivity index (χ4n) is 2.06. The molecule has 7 nitrogen and oxygen atoms in total. The molecule has 0 aliphatic heterocycles. The van der Waals surface area contributed by atoms with E-state index in [2.05, 4.69) is 15.2 Å². The van der Waals surface area contributed by atoms with Crippen LogP contribution in [0.25, 0.3) is 22.6 Å². The summed E-state index contributed by atoms with van der Waals surface area (Å²) in [5.74, 6) is 1.22. The fourth-order valence-corrected chi connectivity index (χ4v) is 2.06. The Morgan fingerprint density at radius 3 is 2.43 bits per heavy atom. The summed E-state index contributed by atoms with van der Waals surface area (Å²) in [6.45, 7) is 0. The first-order chi connectivity index (χ1) is 11.2. The van der Waals surface area contributed by atoms with Crippen molar-refractivity contribution in [2.75, 3.05) is 7.11 Å². The molecule has 0 aliphatic carbocycles. The van der Waals surface area contributed by atoms with Crippen LogP contribution in [0.4, 0.5) is 5.69 Å². The van der Waals surface area contributed by atoms with E-state index in [0.717, 1.165) is 11.3 Å². The zero-order valence-electron chi connectivity index (χ0n) is 12.2. The normalized spacial score (nSPS) is 10.3. The molecule has 3 rings (SSSR count). The van der Waals surface area contributed by atoms with E-state index in [1.54, 1.807) is 25.4 Å². The minimum Gasteiger partial charge on any atom is -0.497 e. The first-order valence-electron chi connectivity index (χ1n) is 6.76. The van der Waals surface area contributed by atoms with Crippen molar-refractivity contribution >= 4 is 5.69 Å². The van der Waals surface area contributed by atoms with E-state index in [9.17, 15) is 10.1 Å². The molecule has 3 aromatic rings. The van der Waals surface area contributed by atoms with Crippen molar-refractivity contribution in [2.24, 2.45) is 0 Å². The average molecular weight is 308 g/mol. The summed E-state index contributed by atoms with van der Waals surface area (Å²) in [4.78, 5) is 14.6. The van der Waals surface area contributed by atoms with Gasteiger partial charge in [0.15, 0.2) is 5.82 Å². The van der Waals surface area contributed by atoms with Gasteiger partial charge in [-0.2, -0.15) is 0 Å². The van der Waals surface area contributed by atoms with Crippen LogP contribution in [0.3, 0.4) is 0 Å². The van der Waals surface area contributed by atoms with Crippen molar-refractivity contribution in [2.45, 2.75) is 0 Å². The number of non-ortho nitro benzene ring substituents is 1. The lowest BCUT2D eigenvalue weighted by Gasteiger charge is -2.03. The van der Waals surface area contributed by atoms with Gasteiger partial charge in [0, 0.05) is 23.3 Å². The fraction of sp³-hybridized carbons (Fsp3) is 0.0625. The number of aromatic nitrogens is 3. The Labute approximate surface area is 131 Å². The summed E-state index contributed by atoms with van der Waals surface area (Å²) in [6.07, 6.45) is 1.55. The Morgan fingerprint density at radius 1 is 1.04 bits per heavy atom. The second-order valence-electron chi connectivity index (χ2n) is 4.70. The minimum absolute atomic E-state index is 0.00327. The van der Waals surface area contributed by atoms with Crippen LogP contribution in [0.15, 0.2) is 54.7 Å². The number of methoxy groups -OCH3 is 1. The molecule has 0 bridgehead atoms. The summed E-state index contributed by atoms with van der Waals surface area (Å²) in [5.41, 5.74) is 1.89. The van der Waals surface area contributed by atoms with Crippen molar-refractivity contribution in [3.63, 3.8) is 0 Å². The highest BCUT2D eigenvalue weighted by molar-refractivity contribution is 5.62. The Kier molecular flexibility index (Phi) is 3.92. The molecular formula is C16H12N4O3. The van der Waals surface area contributed by atoms with Gasteiger partial charge in [-0.15, -0.1) is 10.2 Å². The predicted octanol–water partition coefficient (Wildman–Crippen LogP) is 3.12. The lowest BCUT2D eigenvalue weighted by atomic mass is 10.1. The molecule has 7 heteroatoms. The summed E-state index contributed by atoms with van der Waals surface area (Å²) >= 11 is 0. The Bertz CT molecular complexity index is 833. The van der Waals surface area contributed by atoms with Gasteiger partial charge in [-0.05, 0) is 24.3 Å². The van der Waals surface area contributed by atoms with Gasteiger partial charge in [-0.3, -0.25) is 10.1 Å². The maximum absolute atomic E-state index is 10.8. The van der Waals surface area contributed by atoms with Gasteiger partial charge in [0.05, 0.1) is 18.2 Å². The zero-order chi connectivity index (χ0) is 16.2. The van der Waals surface area contributed by atoms with Crippen LogP contribution in [-0.4, -0.2) is 27.2 Å². The van der Waals surface area contributed by atoms with Crippen molar-refractivity contribution in [3.05, 3.63) is 64.8 Å². The predicted molar refractivity (Wildman–Crippen MR) is 83.9 cm³/mol. The van der Waals surface area contributed by atoms with Gasteiger partial charge in [-0.25, -0.2) is 4.98 Å². The topological polar surface area (TPSA) is 91.0 Å². The monoisotopic (exact) mass is 308 g/mol. The quantitative estimate of drug-likeness (QED) is 0.543. The highest BCUT2D eigenvalue weighted by atomic mass is 16.6. The smallest absolute Gasteiger partial charge is 0.270 e. The number of hydrogen-bond acceptors (Lipinski definition) is 6. The molecule has 1 heterocycles. The molecule has 2 aromatic carbocycles. The molecule has 114 valence electrons. The maximum atomic E-state index is 10.8. The van der Waals surface area contributed by atoms with Gasteiger partial charge >= 0.3 is 0 Å². The molecule has 0 saturated heterocycles. The highest BCUT2D eigenvalue weighted by Crippen LogP contribution is 2.23. The molecule has 0 radical (unpaired) electrons. The second kappa shape index (κ2) is 6.18. The summed E-state index contributed by atoms with van der Waals surface area (Å²) in [5, 5.41) is 19.0. The van der Waals surface area contributed by atoms with E-state index in [4.69, 9.17) is 4.74 Å². The molecule has 0 unspecified atom stereocenters. The number of nitro groups is 1.